The van der Waals surface area contributed by atoms with Crippen LogP contribution in [0.2, 0.25) is 5.02 Å². The molecule has 0 saturated heterocycles. The molecule has 0 aliphatic heterocycles. The summed E-state index contributed by atoms with van der Waals surface area (Å²) in [4.78, 5) is 3.98. The Morgan fingerprint density at radius 3 is 2.94 bits per heavy atom. The Bertz CT molecular complexity index is 493. The van der Waals surface area contributed by atoms with Gasteiger partial charge >= 0.3 is 0 Å². The van der Waals surface area contributed by atoms with Crippen molar-refractivity contribution in [3.05, 3.63) is 40.3 Å². The van der Waals surface area contributed by atoms with Gasteiger partial charge in [-0.3, -0.25) is 0 Å². The van der Waals surface area contributed by atoms with E-state index in [2.05, 4.69) is 20.9 Å². The van der Waals surface area contributed by atoms with Gasteiger partial charge < -0.3 is 15.0 Å². The Kier molecular flexibility index (Phi) is 4.49. The summed E-state index contributed by atoms with van der Waals surface area (Å²) in [5, 5.41) is 0.588. The topological polar surface area (TPSA) is 53.1 Å². The van der Waals surface area contributed by atoms with Crippen molar-refractivity contribution in [2.24, 2.45) is 0 Å². The fourth-order valence-electron chi connectivity index (χ4n) is 1.57. The van der Waals surface area contributed by atoms with E-state index >= 15 is 0 Å². The summed E-state index contributed by atoms with van der Waals surface area (Å²) in [6.45, 7) is 1.45. The van der Waals surface area contributed by atoms with Gasteiger partial charge in [-0.1, -0.05) is 11.6 Å². The van der Waals surface area contributed by atoms with E-state index in [0.29, 0.717) is 23.1 Å². The highest BCUT2D eigenvalue weighted by atomic mass is 79.9. The minimum absolute atomic E-state index is 0.539. The molecule has 0 aliphatic carbocycles. The summed E-state index contributed by atoms with van der Waals surface area (Å²) in [7, 11) is 0. The molecular formula is C12H13BrClN3O. The van der Waals surface area contributed by atoms with Crippen LogP contribution in [0.4, 0.5) is 5.69 Å². The van der Waals surface area contributed by atoms with Gasteiger partial charge in [-0.2, -0.15) is 0 Å². The predicted octanol–water partition coefficient (Wildman–Crippen LogP) is 3.35. The molecule has 0 amide bonds. The van der Waals surface area contributed by atoms with E-state index in [9.17, 15) is 0 Å². The number of hydrogen-bond acceptors (Lipinski definition) is 3. The smallest absolute Gasteiger partial charge is 0.156 e. The molecule has 18 heavy (non-hydrogen) atoms. The zero-order valence-electron chi connectivity index (χ0n) is 9.64. The average molecular weight is 331 g/mol. The third-order valence-corrected chi connectivity index (χ3v) is 3.21. The first-order valence-corrected chi connectivity index (χ1v) is 6.67. The molecule has 4 nitrogen and oxygen atoms in total. The van der Waals surface area contributed by atoms with Crippen LogP contribution in [0.1, 0.15) is 6.42 Å². The average Bonchev–Trinajstić information content (AvgIpc) is 2.79. The molecular weight excluding hydrogens is 318 g/mol. The number of nitrogens with two attached hydrogens (primary N) is 1. The lowest BCUT2D eigenvalue weighted by Crippen LogP contribution is -2.05. The molecule has 0 fully saturated rings. The fraction of sp³-hybridized carbons (Fsp3) is 0.250. The van der Waals surface area contributed by atoms with Gasteiger partial charge in [-0.25, -0.2) is 4.98 Å². The normalized spacial score (nSPS) is 10.6. The van der Waals surface area contributed by atoms with E-state index in [-0.39, 0.29) is 0 Å². The Morgan fingerprint density at radius 1 is 1.44 bits per heavy atom. The van der Waals surface area contributed by atoms with Gasteiger partial charge in [0.1, 0.15) is 0 Å². The van der Waals surface area contributed by atoms with Crippen LogP contribution in [0.3, 0.4) is 0 Å². The highest BCUT2D eigenvalue weighted by molar-refractivity contribution is 9.10. The largest absolute Gasteiger partial charge is 0.490 e. The van der Waals surface area contributed by atoms with Crippen LogP contribution in [-0.4, -0.2) is 16.2 Å². The van der Waals surface area contributed by atoms with Crippen molar-refractivity contribution < 1.29 is 4.74 Å². The van der Waals surface area contributed by atoms with Crippen molar-refractivity contribution in [2.45, 2.75) is 13.0 Å². The third-order valence-electron chi connectivity index (χ3n) is 2.40. The van der Waals surface area contributed by atoms with Gasteiger partial charge in [0.15, 0.2) is 5.75 Å². The lowest BCUT2D eigenvalue weighted by Gasteiger charge is -2.11. The standard InChI is InChI=1S/C12H13BrClN3O/c13-10-6-9(14)7-11(15)12(10)18-5-1-3-17-4-2-16-8-17/h2,4,6-8H,1,3,5,15H2. The van der Waals surface area contributed by atoms with Crippen LogP contribution < -0.4 is 10.5 Å². The number of anilines is 1. The highest BCUT2D eigenvalue weighted by Gasteiger charge is 2.07. The number of rotatable bonds is 5. The van der Waals surface area contributed by atoms with Crippen molar-refractivity contribution >= 4 is 33.2 Å². The molecule has 2 N–H and O–H groups in total. The number of nitrogen functional groups attached to an aromatic ring is 1. The molecule has 96 valence electrons. The summed E-state index contributed by atoms with van der Waals surface area (Å²) in [6.07, 6.45) is 6.35. The summed E-state index contributed by atoms with van der Waals surface area (Å²) in [5.41, 5.74) is 6.38. The van der Waals surface area contributed by atoms with Gasteiger partial charge in [0.05, 0.1) is 23.1 Å². The number of ether oxygens (including phenoxy) is 1. The molecule has 6 heteroatoms. The molecule has 1 aromatic carbocycles. The van der Waals surface area contributed by atoms with Crippen LogP contribution in [-0.2, 0) is 6.54 Å². The van der Waals surface area contributed by atoms with E-state index < -0.39 is 0 Å². The molecule has 0 spiro atoms. The molecule has 0 saturated carbocycles. The minimum Gasteiger partial charge on any atom is -0.490 e. The lowest BCUT2D eigenvalue weighted by atomic mass is 10.3. The quantitative estimate of drug-likeness (QED) is 0.675. The molecule has 2 aromatic rings. The minimum atomic E-state index is 0.539. The number of benzene rings is 1. The molecule has 0 bridgehead atoms. The SMILES string of the molecule is Nc1cc(Cl)cc(Br)c1OCCCn1ccnc1. The third kappa shape index (κ3) is 3.40. The maximum absolute atomic E-state index is 5.88. The van der Waals surface area contributed by atoms with Crippen LogP contribution >= 0.6 is 27.5 Å². The maximum Gasteiger partial charge on any atom is 0.156 e. The Morgan fingerprint density at radius 2 is 2.28 bits per heavy atom. The van der Waals surface area contributed by atoms with Crippen LogP contribution in [0.15, 0.2) is 35.3 Å². The zero-order valence-corrected chi connectivity index (χ0v) is 12.0. The number of nitrogens with zero attached hydrogens (tertiary/aromatic N) is 2. The fourth-order valence-corrected chi connectivity index (χ4v) is 2.52. The first-order chi connectivity index (χ1) is 8.66. The van der Waals surface area contributed by atoms with Crippen molar-refractivity contribution in [3.8, 4) is 5.75 Å². The van der Waals surface area contributed by atoms with Crippen molar-refractivity contribution in [3.63, 3.8) is 0 Å². The monoisotopic (exact) mass is 329 g/mol. The van der Waals surface area contributed by atoms with Crippen molar-refractivity contribution in [1.29, 1.82) is 0 Å². The van der Waals surface area contributed by atoms with E-state index in [1.54, 1.807) is 24.7 Å². The van der Waals surface area contributed by atoms with E-state index in [1.165, 1.54) is 0 Å². The lowest BCUT2D eigenvalue weighted by molar-refractivity contribution is 0.301. The Hall–Kier alpha value is -1.20. The van der Waals surface area contributed by atoms with Crippen LogP contribution in [0, 0.1) is 0 Å². The highest BCUT2D eigenvalue weighted by Crippen LogP contribution is 2.34. The Balaban J connectivity index is 1.87. The summed E-state index contributed by atoms with van der Waals surface area (Å²) >= 11 is 9.26. The molecule has 0 aliphatic rings. The number of hydrogen-bond donors (Lipinski definition) is 1. The molecule has 1 aromatic heterocycles. The van der Waals surface area contributed by atoms with Gasteiger partial charge in [0.2, 0.25) is 0 Å². The second kappa shape index (κ2) is 6.11. The van der Waals surface area contributed by atoms with Gasteiger partial charge in [0, 0.05) is 24.0 Å². The zero-order chi connectivity index (χ0) is 13.0. The van der Waals surface area contributed by atoms with Gasteiger partial charge in [-0.05, 0) is 34.5 Å². The molecule has 2 rings (SSSR count). The van der Waals surface area contributed by atoms with Crippen LogP contribution in [0.25, 0.3) is 0 Å². The van der Waals surface area contributed by atoms with E-state index in [0.717, 1.165) is 17.4 Å². The first-order valence-electron chi connectivity index (χ1n) is 5.50. The van der Waals surface area contributed by atoms with Crippen LogP contribution in [0.5, 0.6) is 5.75 Å². The molecule has 0 atom stereocenters. The van der Waals surface area contributed by atoms with E-state index in [4.69, 9.17) is 22.1 Å². The Labute approximate surface area is 119 Å². The first kappa shape index (κ1) is 13.2. The van der Waals surface area contributed by atoms with E-state index in [1.807, 2.05) is 10.8 Å². The summed E-state index contributed by atoms with van der Waals surface area (Å²) in [6, 6.07) is 3.45. The number of aryl methyl sites for hydroxylation is 1. The molecule has 0 unspecified atom stereocenters. The van der Waals surface area contributed by atoms with Crippen molar-refractivity contribution in [2.75, 3.05) is 12.3 Å². The van der Waals surface area contributed by atoms with Gasteiger partial charge in [-0.15, -0.1) is 0 Å². The van der Waals surface area contributed by atoms with Crippen molar-refractivity contribution in [1.82, 2.24) is 9.55 Å². The predicted molar refractivity (Wildman–Crippen MR) is 75.9 cm³/mol. The summed E-state index contributed by atoms with van der Waals surface area (Å²) < 4.78 is 8.43. The molecule has 1 heterocycles. The second-order valence-corrected chi connectivity index (χ2v) is 5.10. The second-order valence-electron chi connectivity index (χ2n) is 3.81. The number of aromatic nitrogens is 2. The maximum atomic E-state index is 5.88. The summed E-state index contributed by atoms with van der Waals surface area (Å²) in [5.74, 6) is 0.644. The number of halogens is 2. The van der Waals surface area contributed by atoms with Gasteiger partial charge in [0.25, 0.3) is 0 Å². The number of imidazole rings is 1. The molecule has 0 radical (unpaired) electrons.